The van der Waals surface area contributed by atoms with Crippen molar-refractivity contribution in [3.63, 3.8) is 0 Å². The monoisotopic (exact) mass is 562 g/mol. The van der Waals surface area contributed by atoms with Crippen LogP contribution < -0.4 is 10.1 Å². The van der Waals surface area contributed by atoms with E-state index in [1.807, 2.05) is 6.92 Å². The Hall–Kier alpha value is -3.35. The van der Waals surface area contributed by atoms with Gasteiger partial charge in [-0.3, -0.25) is 14.9 Å². The molecule has 1 amide bonds. The van der Waals surface area contributed by atoms with Crippen molar-refractivity contribution in [2.45, 2.75) is 31.7 Å². The number of hydrogen-bond acceptors (Lipinski definition) is 7. The number of nitrogens with one attached hydrogen (secondary N) is 2. The van der Waals surface area contributed by atoms with Crippen LogP contribution >= 0.6 is 15.9 Å². The predicted octanol–water partition coefficient (Wildman–Crippen LogP) is 4.38. The number of non-ortho nitro benzene ring substituents is 1. The first-order chi connectivity index (χ1) is 16.5. The number of carbonyl (C=O) groups is 1. The third-order valence-electron chi connectivity index (χ3n) is 4.98. The number of nitro benzene ring substituents is 1. The van der Waals surface area contributed by atoms with Crippen LogP contribution in [0.25, 0.3) is 11.3 Å². The Bertz CT molecular complexity index is 1370. The van der Waals surface area contributed by atoms with E-state index in [2.05, 4.69) is 31.2 Å². The van der Waals surface area contributed by atoms with E-state index in [-0.39, 0.29) is 16.5 Å². The Morgan fingerprint density at radius 1 is 1.14 bits per heavy atom. The van der Waals surface area contributed by atoms with Gasteiger partial charge in [0, 0.05) is 22.2 Å². The van der Waals surface area contributed by atoms with Crippen LogP contribution in [0.15, 0.2) is 73.5 Å². The minimum absolute atomic E-state index is 0.0607. The molecule has 0 aliphatic rings. The summed E-state index contributed by atoms with van der Waals surface area (Å²) in [5.41, 5.74) is 3.79. The summed E-state index contributed by atoms with van der Waals surface area (Å²) in [6.07, 6.45) is 1.27. The van der Waals surface area contributed by atoms with Gasteiger partial charge in [0.2, 0.25) is 10.0 Å². The zero-order chi connectivity index (χ0) is 25.8. The highest BCUT2D eigenvalue weighted by Crippen LogP contribution is 2.32. The van der Waals surface area contributed by atoms with Gasteiger partial charge in [-0.2, -0.15) is 9.82 Å². The lowest BCUT2D eigenvalue weighted by molar-refractivity contribution is -0.384. The standard InChI is InChI=1S/C23H23BrN4O6S/c1-14(2)22(27-35(32,33)18-8-4-15(3)5-9-18)23(29)26-25-13-17-7-11-21(34-17)19-10-6-16(28(30)31)12-20(19)24/h4-14,22,27H,1-3H3,(H,26,29)/b25-13-/t22-/m1/s1. The second-order valence-corrected chi connectivity index (χ2v) is 10.6. The van der Waals surface area contributed by atoms with Crippen molar-refractivity contribution in [2.75, 3.05) is 0 Å². The Kier molecular flexibility index (Phi) is 8.20. The Labute approximate surface area is 210 Å². The molecule has 12 heteroatoms. The summed E-state index contributed by atoms with van der Waals surface area (Å²) in [6.45, 7) is 5.28. The van der Waals surface area contributed by atoms with Gasteiger partial charge in [0.25, 0.3) is 11.6 Å². The molecule has 0 aliphatic heterocycles. The number of amides is 1. The third-order valence-corrected chi connectivity index (χ3v) is 7.10. The molecule has 3 aromatic rings. The molecule has 1 heterocycles. The fourth-order valence-corrected chi connectivity index (χ4v) is 4.96. The van der Waals surface area contributed by atoms with Crippen molar-refractivity contribution in [1.82, 2.24) is 10.1 Å². The largest absolute Gasteiger partial charge is 0.455 e. The lowest BCUT2D eigenvalue weighted by Crippen LogP contribution is -2.48. The number of furan rings is 1. The first-order valence-corrected chi connectivity index (χ1v) is 12.7. The number of nitrogens with zero attached hydrogens (tertiary/aromatic N) is 2. The van der Waals surface area contributed by atoms with E-state index in [0.29, 0.717) is 21.6 Å². The minimum atomic E-state index is -3.91. The van der Waals surface area contributed by atoms with Crippen LogP contribution in [0, 0.1) is 23.0 Å². The molecule has 0 spiro atoms. The molecule has 0 fully saturated rings. The number of benzene rings is 2. The fraction of sp³-hybridized carbons (Fsp3) is 0.217. The smallest absolute Gasteiger partial charge is 0.270 e. The van der Waals surface area contributed by atoms with Gasteiger partial charge in [-0.25, -0.2) is 13.8 Å². The zero-order valence-electron chi connectivity index (χ0n) is 19.1. The molecule has 0 saturated carbocycles. The Balaban J connectivity index is 1.68. The third kappa shape index (κ3) is 6.62. The number of halogens is 1. The van der Waals surface area contributed by atoms with Gasteiger partial charge >= 0.3 is 0 Å². The number of carbonyl (C=O) groups excluding carboxylic acids is 1. The lowest BCUT2D eigenvalue weighted by Gasteiger charge is -2.20. The molecule has 0 radical (unpaired) electrons. The summed E-state index contributed by atoms with van der Waals surface area (Å²) in [4.78, 5) is 23.1. The highest BCUT2D eigenvalue weighted by molar-refractivity contribution is 9.10. The summed E-state index contributed by atoms with van der Waals surface area (Å²) >= 11 is 3.30. The fourth-order valence-electron chi connectivity index (χ4n) is 3.06. The highest BCUT2D eigenvalue weighted by atomic mass is 79.9. The van der Waals surface area contributed by atoms with Crippen molar-refractivity contribution in [3.05, 3.63) is 80.5 Å². The van der Waals surface area contributed by atoms with Crippen LogP contribution in [0.3, 0.4) is 0 Å². The molecule has 2 N–H and O–H groups in total. The van der Waals surface area contributed by atoms with E-state index >= 15 is 0 Å². The second-order valence-electron chi connectivity index (χ2n) is 8.01. The van der Waals surface area contributed by atoms with Crippen LogP contribution in [-0.4, -0.2) is 31.5 Å². The summed E-state index contributed by atoms with van der Waals surface area (Å²) < 4.78 is 34.0. The van der Waals surface area contributed by atoms with E-state index in [1.54, 1.807) is 44.2 Å². The maximum Gasteiger partial charge on any atom is 0.270 e. The molecule has 0 aliphatic carbocycles. The highest BCUT2D eigenvalue weighted by Gasteiger charge is 2.28. The topological polar surface area (TPSA) is 144 Å². The number of hydrogen-bond donors (Lipinski definition) is 2. The molecule has 1 aromatic heterocycles. The Morgan fingerprint density at radius 3 is 2.43 bits per heavy atom. The van der Waals surface area contributed by atoms with Gasteiger partial charge in [-0.15, -0.1) is 0 Å². The number of sulfonamides is 1. The molecule has 3 rings (SSSR count). The van der Waals surface area contributed by atoms with Crippen LogP contribution in [0.5, 0.6) is 0 Å². The molecule has 10 nitrogen and oxygen atoms in total. The molecule has 35 heavy (non-hydrogen) atoms. The average molecular weight is 563 g/mol. The van der Waals surface area contributed by atoms with Gasteiger partial charge in [0.1, 0.15) is 17.6 Å². The number of aryl methyl sites for hydroxylation is 1. The molecular formula is C23H23BrN4O6S. The lowest BCUT2D eigenvalue weighted by atomic mass is 10.1. The number of hydrazone groups is 1. The molecule has 0 saturated heterocycles. The Morgan fingerprint density at radius 2 is 1.83 bits per heavy atom. The normalized spacial score (nSPS) is 12.7. The van der Waals surface area contributed by atoms with E-state index in [1.165, 1.54) is 30.5 Å². The van der Waals surface area contributed by atoms with Crippen LogP contribution in [0.2, 0.25) is 0 Å². The van der Waals surface area contributed by atoms with Crippen LogP contribution in [0.1, 0.15) is 25.2 Å². The maximum atomic E-state index is 12.7. The van der Waals surface area contributed by atoms with Gasteiger partial charge in [-0.05, 0) is 59.1 Å². The van der Waals surface area contributed by atoms with E-state index in [4.69, 9.17) is 4.42 Å². The molecule has 2 aromatic carbocycles. The average Bonchev–Trinajstić information content (AvgIpc) is 3.26. The van der Waals surface area contributed by atoms with E-state index < -0.39 is 26.9 Å². The molecule has 1 atom stereocenters. The first kappa shape index (κ1) is 26.3. The van der Waals surface area contributed by atoms with Crippen molar-refractivity contribution < 1.29 is 22.6 Å². The predicted molar refractivity (Wildman–Crippen MR) is 134 cm³/mol. The number of nitro groups is 1. The van der Waals surface area contributed by atoms with Crippen molar-refractivity contribution in [2.24, 2.45) is 11.0 Å². The minimum Gasteiger partial charge on any atom is -0.455 e. The molecule has 0 bridgehead atoms. The van der Waals surface area contributed by atoms with Crippen molar-refractivity contribution in [3.8, 4) is 11.3 Å². The summed E-state index contributed by atoms with van der Waals surface area (Å²) in [7, 11) is -3.91. The van der Waals surface area contributed by atoms with E-state index in [0.717, 1.165) is 5.56 Å². The van der Waals surface area contributed by atoms with Gasteiger partial charge in [0.05, 0.1) is 16.0 Å². The van der Waals surface area contributed by atoms with Gasteiger partial charge in [-0.1, -0.05) is 31.5 Å². The molecular weight excluding hydrogens is 540 g/mol. The van der Waals surface area contributed by atoms with E-state index in [9.17, 15) is 23.3 Å². The number of rotatable bonds is 9. The van der Waals surface area contributed by atoms with Crippen LogP contribution in [-0.2, 0) is 14.8 Å². The summed E-state index contributed by atoms with van der Waals surface area (Å²) in [5, 5.41) is 14.8. The summed E-state index contributed by atoms with van der Waals surface area (Å²) in [5.74, 6) is -0.227. The van der Waals surface area contributed by atoms with Gasteiger partial charge < -0.3 is 4.42 Å². The zero-order valence-corrected chi connectivity index (χ0v) is 21.5. The van der Waals surface area contributed by atoms with Crippen molar-refractivity contribution >= 4 is 43.8 Å². The van der Waals surface area contributed by atoms with Gasteiger partial charge in [0.15, 0.2) is 0 Å². The molecule has 0 unspecified atom stereocenters. The quantitative estimate of drug-likeness (QED) is 0.225. The van der Waals surface area contributed by atoms with Crippen LogP contribution in [0.4, 0.5) is 5.69 Å². The summed E-state index contributed by atoms with van der Waals surface area (Å²) in [6, 6.07) is 12.8. The first-order valence-electron chi connectivity index (χ1n) is 10.4. The van der Waals surface area contributed by atoms with Crippen molar-refractivity contribution in [1.29, 1.82) is 0 Å². The second kappa shape index (κ2) is 10.9. The SMILES string of the molecule is Cc1ccc(S(=O)(=O)N[C@@H](C(=O)N/N=C\c2ccc(-c3ccc([N+](=O)[O-])cc3Br)o2)C(C)C)cc1. The molecule has 184 valence electrons. The maximum absolute atomic E-state index is 12.7.